The summed E-state index contributed by atoms with van der Waals surface area (Å²) < 4.78 is 0. The van der Waals surface area contributed by atoms with Crippen molar-refractivity contribution in [3.8, 4) is 0 Å². The molecule has 2 aliphatic carbocycles. The van der Waals surface area contributed by atoms with Gasteiger partial charge in [0.05, 0.1) is 0 Å². The molecule has 1 amide bonds. The van der Waals surface area contributed by atoms with Crippen LogP contribution < -0.4 is 10.6 Å². The normalized spacial score (nSPS) is 30.0. The third-order valence-electron chi connectivity index (χ3n) is 5.78. The standard InChI is InChI=1S/C19H26N2O/c1-2-17-15-6-4-3-5-14(15)16-11-13(9-10-18(16)21-17)20-19(22)12-7-8-12/h9-12,14-15,17,21H,2-8H2,1H3,(H,20,22). The molecule has 3 aliphatic rings. The Kier molecular flexibility index (Phi) is 3.59. The fourth-order valence-corrected chi connectivity index (χ4v) is 4.41. The molecule has 1 aromatic rings. The quantitative estimate of drug-likeness (QED) is 0.862. The molecule has 1 aliphatic heterocycles. The van der Waals surface area contributed by atoms with E-state index in [0.717, 1.165) is 24.4 Å². The Morgan fingerprint density at radius 3 is 2.82 bits per heavy atom. The minimum Gasteiger partial charge on any atom is -0.382 e. The molecule has 4 rings (SSSR count). The smallest absolute Gasteiger partial charge is 0.227 e. The Labute approximate surface area is 132 Å². The first-order chi connectivity index (χ1) is 10.8. The molecule has 2 fully saturated rings. The molecule has 0 bridgehead atoms. The molecule has 2 saturated carbocycles. The van der Waals surface area contributed by atoms with Crippen molar-refractivity contribution < 1.29 is 4.79 Å². The fraction of sp³-hybridized carbons (Fsp3) is 0.632. The van der Waals surface area contributed by atoms with Crippen LogP contribution >= 0.6 is 0 Å². The molecule has 1 aromatic carbocycles. The predicted octanol–water partition coefficient (Wildman–Crippen LogP) is 4.51. The molecule has 0 radical (unpaired) electrons. The van der Waals surface area contributed by atoms with Gasteiger partial charge in [0.25, 0.3) is 0 Å². The lowest BCUT2D eigenvalue weighted by atomic mass is 9.69. The van der Waals surface area contributed by atoms with Gasteiger partial charge in [0, 0.05) is 23.3 Å². The molecule has 0 aromatic heterocycles. The van der Waals surface area contributed by atoms with Crippen LogP contribution in [0, 0.1) is 11.8 Å². The van der Waals surface area contributed by atoms with Crippen LogP contribution in [0.15, 0.2) is 18.2 Å². The van der Waals surface area contributed by atoms with Crippen LogP contribution in [0.4, 0.5) is 11.4 Å². The molecule has 3 unspecified atom stereocenters. The van der Waals surface area contributed by atoms with Gasteiger partial charge >= 0.3 is 0 Å². The van der Waals surface area contributed by atoms with Gasteiger partial charge in [-0.15, -0.1) is 0 Å². The predicted molar refractivity (Wildman–Crippen MR) is 90.2 cm³/mol. The zero-order valence-corrected chi connectivity index (χ0v) is 13.4. The van der Waals surface area contributed by atoms with Gasteiger partial charge in [-0.25, -0.2) is 0 Å². The summed E-state index contributed by atoms with van der Waals surface area (Å²) in [5.74, 6) is 1.91. The first-order valence-corrected chi connectivity index (χ1v) is 8.97. The molecular formula is C19H26N2O. The van der Waals surface area contributed by atoms with Crippen molar-refractivity contribution in [2.75, 3.05) is 10.6 Å². The van der Waals surface area contributed by atoms with Crippen molar-refractivity contribution in [1.82, 2.24) is 0 Å². The van der Waals surface area contributed by atoms with Crippen LogP contribution in [0.2, 0.25) is 0 Å². The van der Waals surface area contributed by atoms with Crippen LogP contribution in [-0.2, 0) is 4.79 Å². The fourth-order valence-electron chi connectivity index (χ4n) is 4.41. The average Bonchev–Trinajstić information content (AvgIpc) is 3.39. The molecule has 1 heterocycles. The molecule has 2 N–H and O–H groups in total. The van der Waals surface area contributed by atoms with E-state index in [9.17, 15) is 4.79 Å². The minimum atomic E-state index is 0.204. The topological polar surface area (TPSA) is 41.1 Å². The molecule has 3 heteroatoms. The van der Waals surface area contributed by atoms with E-state index < -0.39 is 0 Å². The van der Waals surface area contributed by atoms with E-state index in [-0.39, 0.29) is 11.8 Å². The van der Waals surface area contributed by atoms with E-state index in [0.29, 0.717) is 12.0 Å². The summed E-state index contributed by atoms with van der Waals surface area (Å²) in [5.41, 5.74) is 3.71. The minimum absolute atomic E-state index is 0.204. The molecular weight excluding hydrogens is 272 g/mol. The lowest BCUT2D eigenvalue weighted by Gasteiger charge is -2.43. The van der Waals surface area contributed by atoms with Crippen molar-refractivity contribution in [3.05, 3.63) is 23.8 Å². The average molecular weight is 298 g/mol. The third kappa shape index (κ3) is 2.51. The van der Waals surface area contributed by atoms with Crippen LogP contribution in [0.3, 0.4) is 0 Å². The SMILES string of the molecule is CCC1Nc2ccc(NC(=O)C3CC3)cc2C2CCCCC12. The molecule has 0 spiro atoms. The van der Waals surface area contributed by atoms with Crippen molar-refractivity contribution in [2.24, 2.45) is 11.8 Å². The Morgan fingerprint density at radius 2 is 2.05 bits per heavy atom. The Hall–Kier alpha value is -1.51. The highest BCUT2D eigenvalue weighted by molar-refractivity contribution is 5.94. The maximum atomic E-state index is 12.0. The second kappa shape index (κ2) is 5.60. The number of amides is 1. The third-order valence-corrected chi connectivity index (χ3v) is 5.78. The van der Waals surface area contributed by atoms with Gasteiger partial charge in [0.15, 0.2) is 0 Å². The van der Waals surface area contributed by atoms with E-state index >= 15 is 0 Å². The van der Waals surface area contributed by atoms with Crippen LogP contribution in [0.5, 0.6) is 0 Å². The van der Waals surface area contributed by atoms with Crippen LogP contribution in [-0.4, -0.2) is 11.9 Å². The molecule has 3 nitrogen and oxygen atoms in total. The maximum absolute atomic E-state index is 12.0. The zero-order chi connectivity index (χ0) is 15.1. The van der Waals surface area contributed by atoms with E-state index in [4.69, 9.17) is 0 Å². The number of fused-ring (bicyclic) bond motifs is 3. The number of hydrogen-bond donors (Lipinski definition) is 2. The van der Waals surface area contributed by atoms with Gasteiger partial charge in [-0.1, -0.05) is 19.8 Å². The Balaban J connectivity index is 1.62. The van der Waals surface area contributed by atoms with Crippen molar-refractivity contribution in [1.29, 1.82) is 0 Å². The molecule has 3 atom stereocenters. The first kappa shape index (κ1) is 14.1. The lowest BCUT2D eigenvalue weighted by molar-refractivity contribution is -0.117. The molecule has 22 heavy (non-hydrogen) atoms. The second-order valence-corrected chi connectivity index (χ2v) is 7.28. The number of benzene rings is 1. The van der Waals surface area contributed by atoms with Crippen molar-refractivity contribution >= 4 is 17.3 Å². The van der Waals surface area contributed by atoms with E-state index in [2.05, 4.69) is 35.8 Å². The van der Waals surface area contributed by atoms with Crippen LogP contribution in [0.25, 0.3) is 0 Å². The lowest BCUT2D eigenvalue weighted by Crippen LogP contribution is -2.39. The number of carbonyl (C=O) groups excluding carboxylic acids is 1. The van der Waals surface area contributed by atoms with Gasteiger partial charge < -0.3 is 10.6 Å². The number of rotatable bonds is 3. The van der Waals surface area contributed by atoms with E-state index in [1.807, 2.05) is 0 Å². The van der Waals surface area contributed by atoms with Gasteiger partial charge in [0.1, 0.15) is 0 Å². The Morgan fingerprint density at radius 1 is 1.23 bits per heavy atom. The largest absolute Gasteiger partial charge is 0.382 e. The highest BCUT2D eigenvalue weighted by Crippen LogP contribution is 2.47. The monoisotopic (exact) mass is 298 g/mol. The Bertz CT molecular complexity index is 579. The van der Waals surface area contributed by atoms with Crippen LogP contribution in [0.1, 0.15) is 63.4 Å². The summed E-state index contributed by atoms with van der Waals surface area (Å²) in [4.78, 5) is 12.0. The highest BCUT2D eigenvalue weighted by atomic mass is 16.2. The second-order valence-electron chi connectivity index (χ2n) is 7.28. The number of anilines is 2. The number of hydrogen-bond acceptors (Lipinski definition) is 2. The zero-order valence-electron chi connectivity index (χ0n) is 13.4. The summed E-state index contributed by atoms with van der Waals surface area (Å²) in [6.45, 7) is 2.29. The van der Waals surface area contributed by atoms with Crippen molar-refractivity contribution in [3.63, 3.8) is 0 Å². The summed E-state index contributed by atoms with van der Waals surface area (Å²) in [6.07, 6.45) is 8.66. The maximum Gasteiger partial charge on any atom is 0.227 e. The first-order valence-electron chi connectivity index (χ1n) is 8.97. The van der Waals surface area contributed by atoms with Crippen molar-refractivity contribution in [2.45, 2.75) is 63.8 Å². The van der Waals surface area contributed by atoms with Gasteiger partial charge in [-0.3, -0.25) is 4.79 Å². The molecule has 118 valence electrons. The summed E-state index contributed by atoms with van der Waals surface area (Å²) in [5, 5.41) is 6.86. The summed E-state index contributed by atoms with van der Waals surface area (Å²) in [7, 11) is 0. The van der Waals surface area contributed by atoms with Gasteiger partial charge in [0.2, 0.25) is 5.91 Å². The van der Waals surface area contributed by atoms with E-state index in [1.165, 1.54) is 43.4 Å². The molecule has 0 saturated heterocycles. The van der Waals surface area contributed by atoms with E-state index in [1.54, 1.807) is 0 Å². The van der Waals surface area contributed by atoms with Gasteiger partial charge in [-0.2, -0.15) is 0 Å². The number of carbonyl (C=O) groups is 1. The highest BCUT2D eigenvalue weighted by Gasteiger charge is 2.37. The summed E-state index contributed by atoms with van der Waals surface area (Å²) >= 11 is 0. The van der Waals surface area contributed by atoms with Gasteiger partial charge in [-0.05, 0) is 67.7 Å². The number of nitrogens with one attached hydrogen (secondary N) is 2. The summed E-state index contributed by atoms with van der Waals surface area (Å²) in [6, 6.07) is 7.08.